The molecule has 4 aromatic rings. The van der Waals surface area contributed by atoms with Crippen LogP contribution in [0.25, 0.3) is 0 Å². The van der Waals surface area contributed by atoms with E-state index in [1.54, 1.807) is 0 Å². The molecule has 0 amide bonds. The monoisotopic (exact) mass is 764 g/mol. The summed E-state index contributed by atoms with van der Waals surface area (Å²) in [5.41, 5.74) is 0.719. The Morgan fingerprint density at radius 1 is 0.472 bits per heavy atom. The number of hydrogen-bond acceptors (Lipinski definition) is 8. The highest BCUT2D eigenvalue weighted by Gasteiger charge is 2.59. The summed E-state index contributed by atoms with van der Waals surface area (Å²) in [6, 6.07) is 32.2. The standard InChI is InChI=1S/C43H58O8P2/c1-38(2,3)36-25-32(40(7,8)30-17-13-11-14-18-30)21-23-34(36)43(51-53(48)49,42(27-44,28-45)29-50-52(46)47)35-24-22-33(26-37(35)39(4,5)6)41(9,10)31-19-15-12-16-20-31/h11-26,44-49H,27-29H2,1-10H3. The van der Waals surface area contributed by atoms with Crippen LogP contribution in [0.4, 0.5) is 0 Å². The predicted octanol–water partition coefficient (Wildman–Crippen LogP) is 8.60. The molecule has 0 spiro atoms. The minimum Gasteiger partial charge on any atom is -0.395 e. The molecule has 0 aliphatic heterocycles. The number of rotatable bonds is 14. The van der Waals surface area contributed by atoms with Crippen molar-refractivity contribution in [3.8, 4) is 0 Å². The maximum atomic E-state index is 11.5. The largest absolute Gasteiger partial charge is 0.395 e. The highest BCUT2D eigenvalue weighted by molar-refractivity contribution is 7.39. The smallest absolute Gasteiger partial charge is 0.328 e. The summed E-state index contributed by atoms with van der Waals surface area (Å²) in [5, 5.41) is 23.0. The van der Waals surface area contributed by atoms with E-state index >= 15 is 0 Å². The summed E-state index contributed by atoms with van der Waals surface area (Å²) >= 11 is 0. The number of aliphatic hydroxyl groups excluding tert-OH is 2. The molecule has 0 aliphatic carbocycles. The second-order valence-corrected chi connectivity index (χ2v) is 18.6. The second kappa shape index (κ2) is 16.3. The van der Waals surface area contributed by atoms with E-state index in [1.165, 1.54) is 0 Å². The molecule has 53 heavy (non-hydrogen) atoms. The minimum atomic E-state index is -3.16. The fourth-order valence-corrected chi connectivity index (χ4v) is 8.44. The fraction of sp³-hybridized carbons (Fsp3) is 0.442. The summed E-state index contributed by atoms with van der Waals surface area (Å²) in [4.78, 5) is 42.1. The van der Waals surface area contributed by atoms with Crippen molar-refractivity contribution in [3.63, 3.8) is 0 Å². The van der Waals surface area contributed by atoms with E-state index in [2.05, 4.69) is 64.1 Å². The van der Waals surface area contributed by atoms with Gasteiger partial charge in [-0.3, -0.25) is 4.52 Å². The van der Waals surface area contributed by atoms with E-state index in [9.17, 15) is 29.8 Å². The zero-order valence-electron chi connectivity index (χ0n) is 32.8. The maximum absolute atomic E-state index is 11.5. The van der Waals surface area contributed by atoms with Crippen LogP contribution in [-0.2, 0) is 36.3 Å². The van der Waals surface area contributed by atoms with Gasteiger partial charge in [0, 0.05) is 10.8 Å². The highest BCUT2D eigenvalue weighted by Crippen LogP contribution is 2.59. The molecule has 10 heteroatoms. The summed E-state index contributed by atoms with van der Waals surface area (Å²) in [6.07, 6.45) is 0. The zero-order valence-corrected chi connectivity index (χ0v) is 34.5. The Morgan fingerprint density at radius 2 is 0.849 bits per heavy atom. The van der Waals surface area contributed by atoms with Crippen LogP contribution in [0.15, 0.2) is 97.1 Å². The first-order valence-corrected chi connectivity index (χ1v) is 20.2. The van der Waals surface area contributed by atoms with Crippen LogP contribution in [0.2, 0.25) is 0 Å². The third-order valence-corrected chi connectivity index (χ3v) is 11.7. The van der Waals surface area contributed by atoms with Crippen molar-refractivity contribution in [2.24, 2.45) is 5.41 Å². The molecule has 0 atom stereocenters. The molecule has 288 valence electrons. The van der Waals surface area contributed by atoms with Gasteiger partial charge in [0.15, 0.2) is 0 Å². The van der Waals surface area contributed by atoms with Crippen molar-refractivity contribution in [3.05, 3.63) is 142 Å². The van der Waals surface area contributed by atoms with Gasteiger partial charge in [0.05, 0.1) is 25.2 Å². The normalized spacial score (nSPS) is 13.6. The molecule has 4 rings (SSSR count). The molecule has 4 aromatic carbocycles. The first-order chi connectivity index (χ1) is 24.6. The van der Waals surface area contributed by atoms with Gasteiger partial charge in [-0.05, 0) is 55.3 Å². The van der Waals surface area contributed by atoms with Crippen LogP contribution >= 0.6 is 17.2 Å². The topological polar surface area (TPSA) is 140 Å². The lowest BCUT2D eigenvalue weighted by atomic mass is 9.60. The fourth-order valence-electron chi connectivity index (χ4n) is 7.44. The Labute approximate surface area is 318 Å². The molecule has 0 aliphatic rings. The molecule has 0 heterocycles. The lowest BCUT2D eigenvalue weighted by Crippen LogP contribution is -2.56. The molecule has 8 nitrogen and oxygen atoms in total. The quantitative estimate of drug-likeness (QED) is 0.0702. The molecule has 0 unspecified atom stereocenters. The molecule has 0 fully saturated rings. The summed E-state index contributed by atoms with van der Waals surface area (Å²) < 4.78 is 12.0. The summed E-state index contributed by atoms with van der Waals surface area (Å²) in [7, 11) is -6.10. The van der Waals surface area contributed by atoms with Gasteiger partial charge < -0.3 is 34.3 Å². The van der Waals surface area contributed by atoms with Crippen molar-refractivity contribution >= 4 is 17.2 Å². The molecule has 0 bridgehead atoms. The van der Waals surface area contributed by atoms with Gasteiger partial charge in [-0.25, -0.2) is 0 Å². The van der Waals surface area contributed by atoms with Crippen molar-refractivity contribution in [1.82, 2.24) is 0 Å². The van der Waals surface area contributed by atoms with Gasteiger partial charge >= 0.3 is 17.2 Å². The Bertz CT molecular complexity index is 1690. The summed E-state index contributed by atoms with van der Waals surface area (Å²) in [5.74, 6) is 0. The Morgan fingerprint density at radius 3 is 1.15 bits per heavy atom. The third kappa shape index (κ3) is 8.64. The first kappa shape index (κ1) is 43.2. The molecule has 0 radical (unpaired) electrons. The molecular weight excluding hydrogens is 706 g/mol. The van der Waals surface area contributed by atoms with Crippen molar-refractivity contribution < 1.29 is 38.8 Å². The van der Waals surface area contributed by atoms with Gasteiger partial charge in [-0.2, -0.15) is 0 Å². The van der Waals surface area contributed by atoms with Crippen molar-refractivity contribution in [2.45, 2.75) is 96.5 Å². The Balaban J connectivity index is 2.24. The molecule has 0 aromatic heterocycles. The predicted molar refractivity (Wildman–Crippen MR) is 215 cm³/mol. The van der Waals surface area contributed by atoms with Crippen LogP contribution < -0.4 is 0 Å². The van der Waals surface area contributed by atoms with Gasteiger partial charge in [0.2, 0.25) is 0 Å². The lowest BCUT2D eigenvalue weighted by molar-refractivity contribution is -0.122. The minimum absolute atomic E-state index is 0.442. The van der Waals surface area contributed by atoms with Gasteiger partial charge in [0.25, 0.3) is 0 Å². The van der Waals surface area contributed by atoms with E-state index in [1.807, 2.05) is 102 Å². The maximum Gasteiger partial charge on any atom is 0.328 e. The molecule has 0 saturated carbocycles. The molecule has 6 N–H and O–H groups in total. The Hall–Kier alpha value is -2.58. The van der Waals surface area contributed by atoms with Gasteiger partial charge in [-0.15, -0.1) is 0 Å². The average molecular weight is 765 g/mol. The highest BCUT2D eigenvalue weighted by atomic mass is 31.2. The van der Waals surface area contributed by atoms with Crippen LogP contribution in [0.1, 0.15) is 114 Å². The van der Waals surface area contributed by atoms with Crippen LogP contribution in [0.5, 0.6) is 0 Å². The lowest BCUT2D eigenvalue weighted by Gasteiger charge is -2.52. The Kier molecular flexibility index (Phi) is 13.2. The van der Waals surface area contributed by atoms with E-state index in [-0.39, 0.29) is 0 Å². The van der Waals surface area contributed by atoms with E-state index in [4.69, 9.17) is 9.05 Å². The van der Waals surface area contributed by atoms with E-state index in [0.29, 0.717) is 11.1 Å². The average Bonchev–Trinajstić information content (AvgIpc) is 3.10. The summed E-state index contributed by atoms with van der Waals surface area (Å²) in [6.45, 7) is 18.7. The SMILES string of the molecule is CC(C)(C)c1cc(C(C)(C)c2ccccc2)ccc1C(OP(O)O)(c1ccc(C(C)(C)c2ccccc2)cc1C(C)(C)C)C(CO)(CO)COP(O)O. The van der Waals surface area contributed by atoms with Crippen molar-refractivity contribution in [2.75, 3.05) is 19.8 Å². The molecule has 0 saturated heterocycles. The van der Waals surface area contributed by atoms with Crippen molar-refractivity contribution in [1.29, 1.82) is 0 Å². The van der Waals surface area contributed by atoms with Crippen LogP contribution in [-0.4, -0.2) is 49.6 Å². The zero-order chi connectivity index (χ0) is 39.6. The van der Waals surface area contributed by atoms with Crippen LogP contribution in [0.3, 0.4) is 0 Å². The van der Waals surface area contributed by atoms with E-state index < -0.39 is 69.7 Å². The van der Waals surface area contributed by atoms with Gasteiger partial charge in [-0.1, -0.05) is 166 Å². The first-order valence-electron chi connectivity index (χ1n) is 17.9. The second-order valence-electron chi connectivity index (χ2n) is 17.2. The van der Waals surface area contributed by atoms with Gasteiger partial charge in [0.1, 0.15) is 5.60 Å². The van der Waals surface area contributed by atoms with Crippen LogP contribution in [0, 0.1) is 5.41 Å². The number of hydrogen-bond donors (Lipinski definition) is 6. The third-order valence-electron chi connectivity index (χ3n) is 10.9. The number of aliphatic hydroxyl groups is 2. The van der Waals surface area contributed by atoms with E-state index in [0.717, 1.165) is 33.4 Å². The number of benzene rings is 4. The molecular formula is C43H58O8P2.